The zero-order valence-electron chi connectivity index (χ0n) is 27.6. The Morgan fingerprint density at radius 2 is 1.90 bits per heavy atom. The summed E-state index contributed by atoms with van der Waals surface area (Å²) >= 11 is 0. The van der Waals surface area contributed by atoms with Crippen LogP contribution in [-0.4, -0.2) is 111 Å². The van der Waals surface area contributed by atoms with Crippen molar-refractivity contribution in [2.24, 2.45) is 9.98 Å². The molecular formula is C36H41FN8O4. The summed E-state index contributed by atoms with van der Waals surface area (Å²) in [5, 5.41) is 15.9. The fourth-order valence-corrected chi connectivity index (χ4v) is 6.79. The van der Waals surface area contributed by atoms with Crippen LogP contribution in [0.2, 0.25) is 0 Å². The Morgan fingerprint density at radius 1 is 1.12 bits per heavy atom. The van der Waals surface area contributed by atoms with Crippen LogP contribution in [0.25, 0.3) is 5.70 Å². The van der Waals surface area contributed by atoms with Crippen molar-refractivity contribution >= 4 is 41.1 Å². The van der Waals surface area contributed by atoms with Crippen LogP contribution in [0.4, 0.5) is 15.8 Å². The summed E-state index contributed by atoms with van der Waals surface area (Å²) in [6.07, 6.45) is 1.54. The quantitative estimate of drug-likeness (QED) is 0.430. The number of alkyl halides is 1. The van der Waals surface area contributed by atoms with Crippen LogP contribution in [0.1, 0.15) is 43.7 Å². The van der Waals surface area contributed by atoms with Crippen molar-refractivity contribution < 1.29 is 23.5 Å². The summed E-state index contributed by atoms with van der Waals surface area (Å²) in [6.45, 7) is 7.95. The molecule has 2 unspecified atom stereocenters. The summed E-state index contributed by atoms with van der Waals surface area (Å²) in [6, 6.07) is 15.8. The van der Waals surface area contributed by atoms with Gasteiger partial charge in [0, 0.05) is 62.3 Å². The van der Waals surface area contributed by atoms with E-state index in [4.69, 9.17) is 14.5 Å². The van der Waals surface area contributed by atoms with Gasteiger partial charge in [-0.2, -0.15) is 5.26 Å². The van der Waals surface area contributed by atoms with Crippen molar-refractivity contribution in [1.82, 2.24) is 15.1 Å². The predicted molar refractivity (Wildman–Crippen MR) is 184 cm³/mol. The number of benzene rings is 2. The third-order valence-electron chi connectivity index (χ3n) is 9.89. The van der Waals surface area contributed by atoms with E-state index in [0.717, 1.165) is 69.1 Å². The highest BCUT2D eigenvalue weighted by Gasteiger charge is 2.39. The molecule has 256 valence electrons. The lowest BCUT2D eigenvalue weighted by Crippen LogP contribution is -2.60. The Bertz CT molecular complexity index is 1700. The first-order valence-electron chi connectivity index (χ1n) is 17.0. The molecule has 49 heavy (non-hydrogen) atoms. The molecule has 0 bridgehead atoms. The highest BCUT2D eigenvalue weighted by atomic mass is 19.1. The molecule has 0 aromatic heterocycles. The van der Waals surface area contributed by atoms with E-state index in [1.165, 1.54) is 10.6 Å². The maximum atomic E-state index is 15.2. The summed E-state index contributed by atoms with van der Waals surface area (Å²) in [7, 11) is 0. The topological polar surface area (TPSA) is 135 Å². The molecule has 7 rings (SSSR count). The number of anilines is 2. The second kappa shape index (κ2) is 14.4. The number of carbonyl (C=O) groups excluding carboxylic acids is 2. The third-order valence-corrected chi connectivity index (χ3v) is 9.89. The van der Waals surface area contributed by atoms with E-state index < -0.39 is 18.3 Å². The first-order valence-corrected chi connectivity index (χ1v) is 17.0. The molecule has 2 aromatic rings. The maximum Gasteiger partial charge on any atom is 0.245 e. The Balaban J connectivity index is 1.01. The van der Waals surface area contributed by atoms with E-state index in [1.54, 1.807) is 12.1 Å². The second-order valence-corrected chi connectivity index (χ2v) is 13.2. The number of piperidine rings is 1. The van der Waals surface area contributed by atoms with Crippen LogP contribution in [0.15, 0.2) is 58.0 Å². The minimum Gasteiger partial charge on any atom is -0.486 e. The highest BCUT2D eigenvalue weighted by Crippen LogP contribution is 2.31. The van der Waals surface area contributed by atoms with E-state index in [9.17, 15) is 14.9 Å². The van der Waals surface area contributed by atoms with Gasteiger partial charge in [0.15, 0.2) is 6.17 Å². The van der Waals surface area contributed by atoms with Crippen LogP contribution in [0.3, 0.4) is 0 Å². The number of ether oxygens (including phenoxy) is 2. The lowest BCUT2D eigenvalue weighted by molar-refractivity contribution is -0.146. The second-order valence-electron chi connectivity index (χ2n) is 13.2. The first-order chi connectivity index (χ1) is 23.8. The van der Waals surface area contributed by atoms with Gasteiger partial charge in [-0.1, -0.05) is 0 Å². The van der Waals surface area contributed by atoms with Crippen molar-refractivity contribution in [3.05, 3.63) is 59.2 Å². The summed E-state index contributed by atoms with van der Waals surface area (Å²) < 4.78 is 26.6. The molecule has 3 atom stereocenters. The third kappa shape index (κ3) is 7.30. The molecule has 0 radical (unpaired) electrons. The van der Waals surface area contributed by atoms with Crippen molar-refractivity contribution in [1.29, 1.82) is 5.26 Å². The lowest BCUT2D eigenvalue weighted by Gasteiger charge is -2.43. The lowest BCUT2D eigenvalue weighted by atomic mass is 10.00. The SMILES string of the molecule is C/C1=C(c2ccc(OC3CCN(C(=O)[C@@H]4CC(=O)N4)CC3F)c(C#N)c2)/N=C(Nc2ccc(N3CCN(C4COC4)CC3)cc2)\N=C/CC1. The van der Waals surface area contributed by atoms with E-state index in [2.05, 4.69) is 43.6 Å². The van der Waals surface area contributed by atoms with Crippen LogP contribution >= 0.6 is 0 Å². The number of aliphatic imine (C=N–C) groups is 2. The molecule has 4 fully saturated rings. The van der Waals surface area contributed by atoms with Crippen molar-refractivity contribution in [2.75, 3.05) is 62.7 Å². The number of amides is 2. The normalized spacial score (nSPS) is 28.1. The number of allylic oxidation sites excluding steroid dienone is 1. The molecule has 5 heterocycles. The molecule has 12 nitrogen and oxygen atoms in total. The van der Waals surface area contributed by atoms with Gasteiger partial charge in [-0.3, -0.25) is 14.5 Å². The molecule has 5 aliphatic heterocycles. The zero-order chi connectivity index (χ0) is 33.9. The Labute approximate surface area is 285 Å². The number of carbonyl (C=O) groups is 2. The van der Waals surface area contributed by atoms with Gasteiger partial charge >= 0.3 is 0 Å². The molecule has 5 aliphatic rings. The van der Waals surface area contributed by atoms with Gasteiger partial charge in [-0.25, -0.2) is 14.4 Å². The number of β-lactam (4-membered cyclic amide) rings is 1. The standard InChI is InChI=1S/C36H41FN8O4/c1-23-3-2-11-39-36(40-26-5-7-27(8-6-26)43-13-15-44(16-14-43)28-21-48-22-28)42-34(23)24-4-9-31(25(17-24)19-38)49-32-10-12-45(20-29(32)37)35(47)30-18-33(46)41-30/h4-9,11,17,28-30,32H,2-3,10,12-16,18,20-22H2,1H3,(H,40,42)(H,41,46)/b34-23-,39-11-/t29?,30-,32?/m0/s1. The van der Waals surface area contributed by atoms with Crippen molar-refractivity contribution in [3.8, 4) is 11.8 Å². The Morgan fingerprint density at radius 3 is 2.57 bits per heavy atom. The summed E-state index contributed by atoms with van der Waals surface area (Å²) in [4.78, 5) is 39.6. The number of nitrogens with one attached hydrogen (secondary N) is 2. The fourth-order valence-electron chi connectivity index (χ4n) is 6.79. The number of piperazine rings is 1. The first kappa shape index (κ1) is 32.7. The van der Waals surface area contributed by atoms with Crippen molar-refractivity contribution in [3.63, 3.8) is 0 Å². The van der Waals surface area contributed by atoms with Gasteiger partial charge in [0.1, 0.15) is 24.0 Å². The average molecular weight is 669 g/mol. The average Bonchev–Trinajstić information content (AvgIpc) is 3.07. The van der Waals surface area contributed by atoms with Crippen LogP contribution in [-0.2, 0) is 14.3 Å². The summed E-state index contributed by atoms with van der Waals surface area (Å²) in [5.74, 6) is 0.279. The molecule has 2 aromatic carbocycles. The van der Waals surface area contributed by atoms with E-state index >= 15 is 4.39 Å². The smallest absolute Gasteiger partial charge is 0.245 e. The van der Waals surface area contributed by atoms with Gasteiger partial charge in [0.25, 0.3) is 0 Å². The molecule has 0 spiro atoms. The van der Waals surface area contributed by atoms with Crippen molar-refractivity contribution in [2.45, 2.75) is 57.0 Å². The van der Waals surface area contributed by atoms with Crippen LogP contribution in [0, 0.1) is 11.3 Å². The molecule has 4 saturated heterocycles. The number of likely N-dealkylation sites (tertiary alicyclic amines) is 1. The monoisotopic (exact) mass is 668 g/mol. The maximum absolute atomic E-state index is 15.2. The Kier molecular flexibility index (Phi) is 9.59. The summed E-state index contributed by atoms with van der Waals surface area (Å²) in [5.41, 5.74) is 4.83. The number of hydrogen-bond acceptors (Lipinski definition) is 10. The molecule has 2 amide bonds. The number of halogens is 1. The van der Waals surface area contributed by atoms with Gasteiger partial charge in [-0.15, -0.1) is 0 Å². The van der Waals surface area contributed by atoms with Gasteiger partial charge in [-0.05, 0) is 67.8 Å². The highest BCUT2D eigenvalue weighted by molar-refractivity contribution is 6.02. The molecule has 0 aliphatic carbocycles. The van der Waals surface area contributed by atoms with Crippen LogP contribution in [0.5, 0.6) is 5.75 Å². The van der Waals surface area contributed by atoms with E-state index in [-0.39, 0.29) is 42.5 Å². The molecule has 2 N–H and O–H groups in total. The van der Waals surface area contributed by atoms with E-state index in [1.807, 2.05) is 31.3 Å². The minimum absolute atomic E-state index is 0.122. The van der Waals surface area contributed by atoms with E-state index in [0.29, 0.717) is 24.2 Å². The fraction of sp³-hybridized carbons (Fsp3) is 0.472. The molecule has 0 saturated carbocycles. The van der Waals surface area contributed by atoms with Crippen LogP contribution < -0.4 is 20.3 Å². The molecular weight excluding hydrogens is 627 g/mol. The number of rotatable bonds is 7. The number of hydrogen-bond donors (Lipinski definition) is 2. The minimum atomic E-state index is -1.43. The van der Waals surface area contributed by atoms with Gasteiger partial charge < -0.3 is 29.9 Å². The largest absolute Gasteiger partial charge is 0.486 e. The Hall–Kier alpha value is -4.80. The zero-order valence-corrected chi connectivity index (χ0v) is 27.6. The van der Waals surface area contributed by atoms with Gasteiger partial charge in [0.2, 0.25) is 17.8 Å². The molecule has 13 heteroatoms. The number of nitriles is 1. The van der Waals surface area contributed by atoms with Gasteiger partial charge in [0.05, 0.1) is 43.5 Å². The number of guanidine groups is 1. The number of nitrogens with zero attached hydrogens (tertiary/aromatic N) is 6. The predicted octanol–water partition coefficient (Wildman–Crippen LogP) is 3.35.